The van der Waals surface area contributed by atoms with Crippen LogP contribution in [0.25, 0.3) is 0 Å². The number of hydrogen-bond donors (Lipinski definition) is 11. The molecule has 3 aliphatic heterocycles. The molecule has 0 saturated carbocycles. The summed E-state index contributed by atoms with van der Waals surface area (Å²) in [6.45, 7) is -1.40. The van der Waals surface area contributed by atoms with Crippen LogP contribution < -0.4 is 0 Å². The van der Waals surface area contributed by atoms with Crippen LogP contribution in [0.4, 0.5) is 0 Å². The summed E-state index contributed by atoms with van der Waals surface area (Å²) >= 11 is 0. The van der Waals surface area contributed by atoms with Crippen LogP contribution in [0.5, 0.6) is 0 Å². The smallest absolute Gasteiger partial charge is 0.335 e. The highest BCUT2D eigenvalue weighted by Crippen LogP contribution is 2.30. The van der Waals surface area contributed by atoms with Crippen molar-refractivity contribution in [3.8, 4) is 0 Å². The molecule has 0 radical (unpaired) electrons. The molecule has 1 unspecified atom stereocenters. The van der Waals surface area contributed by atoms with Crippen molar-refractivity contribution in [2.24, 2.45) is 0 Å². The molecular weight excluding hydrogens is 488 g/mol. The number of carboxylic acid groups (broad SMARTS) is 1. The summed E-state index contributed by atoms with van der Waals surface area (Å²) in [5.74, 6) is -1.69. The quantitative estimate of drug-likeness (QED) is 0.149. The van der Waals surface area contributed by atoms with Gasteiger partial charge in [-0.15, -0.1) is 0 Å². The van der Waals surface area contributed by atoms with E-state index in [1.54, 1.807) is 0 Å². The van der Waals surface area contributed by atoms with Crippen LogP contribution in [0.1, 0.15) is 0 Å². The molecule has 17 heteroatoms. The summed E-state index contributed by atoms with van der Waals surface area (Å²) in [6.07, 6.45) is -27.2. The van der Waals surface area contributed by atoms with Gasteiger partial charge in [0.05, 0.1) is 13.2 Å². The van der Waals surface area contributed by atoms with Gasteiger partial charge in [-0.2, -0.15) is 0 Å². The van der Waals surface area contributed by atoms with Crippen LogP contribution in [0, 0.1) is 0 Å². The van der Waals surface area contributed by atoms with Crippen molar-refractivity contribution in [2.75, 3.05) is 13.2 Å². The van der Waals surface area contributed by atoms with Gasteiger partial charge in [-0.05, 0) is 0 Å². The minimum absolute atomic E-state index is 0.674. The molecular formula is C18H30O17. The summed E-state index contributed by atoms with van der Waals surface area (Å²) in [5.41, 5.74) is 0. The van der Waals surface area contributed by atoms with Gasteiger partial charge in [-0.25, -0.2) is 4.79 Å². The largest absolute Gasteiger partial charge is 0.479 e. The Balaban J connectivity index is 1.68. The average Bonchev–Trinajstić information content (AvgIpc) is 2.82. The predicted molar refractivity (Wildman–Crippen MR) is 102 cm³/mol. The maximum atomic E-state index is 11.2. The van der Waals surface area contributed by atoms with Crippen molar-refractivity contribution >= 4 is 5.97 Å². The average molecular weight is 518 g/mol. The molecule has 35 heavy (non-hydrogen) atoms. The number of carbonyl (C=O) groups is 1. The van der Waals surface area contributed by atoms with Crippen LogP contribution in [-0.2, 0) is 28.5 Å². The fraction of sp³-hybridized carbons (Fsp3) is 0.944. The van der Waals surface area contributed by atoms with Crippen molar-refractivity contribution in [1.29, 1.82) is 0 Å². The number of carboxylic acids is 1. The zero-order chi connectivity index (χ0) is 26.2. The summed E-state index contributed by atoms with van der Waals surface area (Å²) in [4.78, 5) is 11.2. The van der Waals surface area contributed by atoms with E-state index in [0.29, 0.717) is 0 Å². The molecule has 0 amide bonds. The fourth-order valence-corrected chi connectivity index (χ4v) is 3.93. The fourth-order valence-electron chi connectivity index (χ4n) is 3.93. The maximum absolute atomic E-state index is 11.2. The van der Waals surface area contributed by atoms with Crippen molar-refractivity contribution in [2.45, 2.75) is 92.1 Å². The first-order valence-corrected chi connectivity index (χ1v) is 10.6. The summed E-state index contributed by atoms with van der Waals surface area (Å²) in [5, 5.41) is 109. The molecule has 15 atom stereocenters. The normalized spacial score (nSPS) is 51.2. The minimum Gasteiger partial charge on any atom is -0.479 e. The molecule has 3 rings (SSSR count). The highest BCUT2D eigenvalue weighted by molar-refractivity contribution is 5.73. The molecule has 0 aromatic heterocycles. The number of aliphatic hydroxyl groups excluding tert-OH is 10. The van der Waals surface area contributed by atoms with Crippen LogP contribution in [-0.4, -0.2) is 167 Å². The zero-order valence-electron chi connectivity index (χ0n) is 17.9. The van der Waals surface area contributed by atoms with Gasteiger partial charge < -0.3 is 79.9 Å². The molecule has 0 spiro atoms. The Morgan fingerprint density at radius 2 is 1.20 bits per heavy atom. The van der Waals surface area contributed by atoms with E-state index in [4.69, 9.17) is 24.1 Å². The molecule has 3 heterocycles. The first-order valence-electron chi connectivity index (χ1n) is 10.6. The van der Waals surface area contributed by atoms with E-state index < -0.39 is 111 Å². The molecule has 0 aromatic rings. The second-order valence-corrected chi connectivity index (χ2v) is 8.41. The lowest BCUT2D eigenvalue weighted by Gasteiger charge is -2.45. The highest BCUT2D eigenvalue weighted by atomic mass is 16.7. The van der Waals surface area contributed by atoms with Gasteiger partial charge in [-0.1, -0.05) is 0 Å². The van der Waals surface area contributed by atoms with E-state index in [2.05, 4.69) is 4.74 Å². The molecule has 0 aliphatic carbocycles. The first-order chi connectivity index (χ1) is 16.4. The standard InChI is InChI=1S/C18H30O17/c19-1-3-5(20)7(22)9(24)17(32-3)31-2-4-6(21)8(23)10(25)18(33-4)35-13-11(26)14(15(28)29)34-16(30)12(13)27/h3-14,16-27,30H,1-2H2,(H,28,29)/t3-,4-,5-,6-,7+,8+,9-,10-,11+,12-,13+,14+,16?,17-,18+/m1/s1. The number of hydrogen-bond acceptors (Lipinski definition) is 16. The Kier molecular flexibility index (Phi) is 9.35. The number of rotatable bonds is 7. The lowest BCUT2D eigenvalue weighted by Crippen LogP contribution is -2.65. The van der Waals surface area contributed by atoms with Gasteiger partial charge in [0.2, 0.25) is 0 Å². The van der Waals surface area contributed by atoms with Gasteiger partial charge in [0.1, 0.15) is 67.1 Å². The topological polar surface area (TPSA) is 286 Å². The van der Waals surface area contributed by atoms with Crippen LogP contribution >= 0.6 is 0 Å². The molecule has 0 aromatic carbocycles. The third kappa shape index (κ3) is 5.74. The van der Waals surface area contributed by atoms with Gasteiger partial charge in [0.25, 0.3) is 0 Å². The van der Waals surface area contributed by atoms with Crippen molar-refractivity contribution in [3.05, 3.63) is 0 Å². The van der Waals surface area contributed by atoms with E-state index in [1.807, 2.05) is 0 Å². The van der Waals surface area contributed by atoms with Crippen molar-refractivity contribution < 1.29 is 84.7 Å². The van der Waals surface area contributed by atoms with E-state index in [1.165, 1.54) is 0 Å². The number of ether oxygens (including phenoxy) is 5. The molecule has 11 N–H and O–H groups in total. The lowest BCUT2D eigenvalue weighted by atomic mass is 9.96. The van der Waals surface area contributed by atoms with Gasteiger partial charge >= 0.3 is 5.97 Å². The Labute approximate surface area is 196 Å². The minimum atomic E-state index is -2.09. The van der Waals surface area contributed by atoms with E-state index in [-0.39, 0.29) is 0 Å². The summed E-state index contributed by atoms with van der Waals surface area (Å²) in [6, 6.07) is 0. The predicted octanol–water partition coefficient (Wildman–Crippen LogP) is -7.48. The van der Waals surface area contributed by atoms with Crippen LogP contribution in [0.2, 0.25) is 0 Å². The van der Waals surface area contributed by atoms with Gasteiger partial charge in [-0.3, -0.25) is 0 Å². The highest BCUT2D eigenvalue weighted by Gasteiger charge is 2.52. The van der Waals surface area contributed by atoms with Crippen molar-refractivity contribution in [1.82, 2.24) is 0 Å². The first kappa shape index (κ1) is 28.4. The third-order valence-electron chi connectivity index (χ3n) is 6.04. The Morgan fingerprint density at radius 1 is 0.657 bits per heavy atom. The van der Waals surface area contributed by atoms with E-state index >= 15 is 0 Å². The molecule has 17 nitrogen and oxygen atoms in total. The van der Waals surface area contributed by atoms with Crippen LogP contribution in [0.15, 0.2) is 0 Å². The maximum Gasteiger partial charge on any atom is 0.335 e. The molecule has 0 bridgehead atoms. The Morgan fingerprint density at radius 3 is 1.77 bits per heavy atom. The molecule has 3 aliphatic rings. The Hall–Kier alpha value is -1.13. The molecule has 204 valence electrons. The monoisotopic (exact) mass is 518 g/mol. The summed E-state index contributed by atoms with van der Waals surface area (Å²) < 4.78 is 25.6. The summed E-state index contributed by atoms with van der Waals surface area (Å²) in [7, 11) is 0. The van der Waals surface area contributed by atoms with Gasteiger partial charge in [0.15, 0.2) is 25.0 Å². The van der Waals surface area contributed by atoms with E-state index in [9.17, 15) is 55.9 Å². The second kappa shape index (κ2) is 11.5. The second-order valence-electron chi connectivity index (χ2n) is 8.41. The van der Waals surface area contributed by atoms with Crippen molar-refractivity contribution in [3.63, 3.8) is 0 Å². The zero-order valence-corrected chi connectivity index (χ0v) is 17.9. The number of aliphatic carboxylic acids is 1. The number of aliphatic hydroxyl groups is 10. The molecule has 3 saturated heterocycles. The van der Waals surface area contributed by atoms with E-state index in [0.717, 1.165) is 0 Å². The Bertz CT molecular complexity index is 709. The van der Waals surface area contributed by atoms with Crippen LogP contribution in [0.3, 0.4) is 0 Å². The van der Waals surface area contributed by atoms with Gasteiger partial charge in [0, 0.05) is 0 Å². The third-order valence-corrected chi connectivity index (χ3v) is 6.04. The lowest BCUT2D eigenvalue weighted by molar-refractivity contribution is -0.360. The SMILES string of the molecule is O=C(O)[C@H]1OC(O)[C@H](O)[C@@H](O[C@@H]2O[C@H](CO[C@@H]3O[C@H](CO)[C@@H](O)[C@H](O)[C@H]3O)[C@@H](O)[C@H](O)[C@H]2O)[C@@H]1O. The molecule has 3 fully saturated rings.